The molecule has 0 aromatic carbocycles. The van der Waals surface area contributed by atoms with Gasteiger partial charge < -0.3 is 9.47 Å². The van der Waals surface area contributed by atoms with E-state index in [1.54, 1.807) is 0 Å². The van der Waals surface area contributed by atoms with Gasteiger partial charge in [-0.3, -0.25) is 0 Å². The Bertz CT molecular complexity index is 135. The largest absolute Gasteiger partial charge is 0.381 e. The maximum absolute atomic E-state index is 5.56. The van der Waals surface area contributed by atoms with Crippen molar-refractivity contribution >= 4 is 0 Å². The molecule has 0 aromatic rings. The average Bonchev–Trinajstić information content (AvgIpc) is 2.30. The molecule has 0 aromatic heterocycles. The van der Waals surface area contributed by atoms with Crippen LogP contribution < -0.4 is 0 Å². The summed E-state index contributed by atoms with van der Waals surface area (Å²) in [5, 5.41) is 0. The molecule has 0 aliphatic rings. The fourth-order valence-corrected chi connectivity index (χ4v) is 1.74. The van der Waals surface area contributed by atoms with Crippen molar-refractivity contribution in [1.29, 1.82) is 0 Å². The smallest absolute Gasteiger partial charge is 0.0518 e. The summed E-state index contributed by atoms with van der Waals surface area (Å²) in [5.41, 5.74) is 0. The molecule has 0 unspecified atom stereocenters. The molecule has 0 saturated carbocycles. The summed E-state index contributed by atoms with van der Waals surface area (Å²) in [4.78, 5) is 0. The van der Waals surface area contributed by atoms with Gasteiger partial charge in [-0.2, -0.15) is 0 Å². The predicted molar refractivity (Wildman–Crippen MR) is 74.5 cm³/mol. The Morgan fingerprint density at radius 1 is 0.706 bits per heavy atom. The molecule has 0 aliphatic heterocycles. The molecule has 0 atom stereocenters. The van der Waals surface area contributed by atoms with E-state index in [9.17, 15) is 0 Å². The van der Waals surface area contributed by atoms with Crippen LogP contribution in [0.2, 0.25) is 0 Å². The minimum atomic E-state index is 0.345. The van der Waals surface area contributed by atoms with Gasteiger partial charge in [-0.05, 0) is 26.7 Å². The third kappa shape index (κ3) is 15.9. The highest BCUT2D eigenvalue weighted by Gasteiger charge is 1.94. The van der Waals surface area contributed by atoms with E-state index >= 15 is 0 Å². The van der Waals surface area contributed by atoms with E-state index < -0.39 is 0 Å². The molecular weight excluding hydrogens is 212 g/mol. The Kier molecular flexibility index (Phi) is 13.9. The summed E-state index contributed by atoms with van der Waals surface area (Å²) < 4.78 is 11.0. The number of rotatable bonds is 13. The molecule has 0 heterocycles. The second-order valence-electron chi connectivity index (χ2n) is 5.01. The van der Waals surface area contributed by atoms with Crippen LogP contribution in [-0.2, 0) is 9.47 Å². The van der Waals surface area contributed by atoms with Crippen molar-refractivity contribution in [1.82, 2.24) is 0 Å². The molecule has 0 N–H and O–H groups in total. The minimum Gasteiger partial charge on any atom is -0.381 e. The van der Waals surface area contributed by atoms with E-state index in [0.29, 0.717) is 6.10 Å². The van der Waals surface area contributed by atoms with E-state index in [0.717, 1.165) is 26.2 Å². The first kappa shape index (κ1) is 16.9. The van der Waals surface area contributed by atoms with Gasteiger partial charge in [0.15, 0.2) is 0 Å². The zero-order valence-corrected chi connectivity index (χ0v) is 12.2. The summed E-state index contributed by atoms with van der Waals surface area (Å²) in [6.45, 7) is 9.00. The molecular formula is C15H32O2. The van der Waals surface area contributed by atoms with E-state index in [4.69, 9.17) is 9.47 Å². The van der Waals surface area contributed by atoms with Crippen LogP contribution in [0.1, 0.15) is 72.1 Å². The molecule has 0 bridgehead atoms. The van der Waals surface area contributed by atoms with Crippen LogP contribution in [0.5, 0.6) is 0 Å². The number of hydrogen-bond acceptors (Lipinski definition) is 2. The summed E-state index contributed by atoms with van der Waals surface area (Å²) in [6, 6.07) is 0. The van der Waals surface area contributed by atoms with Gasteiger partial charge in [0.1, 0.15) is 0 Å². The van der Waals surface area contributed by atoms with E-state index in [1.807, 2.05) is 0 Å². The summed E-state index contributed by atoms with van der Waals surface area (Å²) >= 11 is 0. The van der Waals surface area contributed by atoms with E-state index in [2.05, 4.69) is 20.8 Å². The SMILES string of the molecule is CCCCCCCCCOCCCOC(C)C. The molecule has 0 aliphatic carbocycles. The highest BCUT2D eigenvalue weighted by atomic mass is 16.5. The van der Waals surface area contributed by atoms with Crippen LogP contribution in [0, 0.1) is 0 Å². The second-order valence-corrected chi connectivity index (χ2v) is 5.01. The van der Waals surface area contributed by atoms with Crippen LogP contribution >= 0.6 is 0 Å². The average molecular weight is 244 g/mol. The van der Waals surface area contributed by atoms with Crippen LogP contribution in [-0.4, -0.2) is 25.9 Å². The molecule has 17 heavy (non-hydrogen) atoms. The molecule has 0 amide bonds. The molecule has 0 fully saturated rings. The van der Waals surface area contributed by atoms with E-state index in [1.165, 1.54) is 44.9 Å². The first-order valence-corrected chi connectivity index (χ1v) is 7.46. The summed E-state index contributed by atoms with van der Waals surface area (Å²) in [7, 11) is 0. The lowest BCUT2D eigenvalue weighted by atomic mass is 10.1. The van der Waals surface area contributed by atoms with Crippen molar-refractivity contribution in [2.24, 2.45) is 0 Å². The van der Waals surface area contributed by atoms with Crippen LogP contribution in [0.4, 0.5) is 0 Å². The third-order valence-electron chi connectivity index (χ3n) is 2.78. The van der Waals surface area contributed by atoms with Crippen LogP contribution in [0.25, 0.3) is 0 Å². The Hall–Kier alpha value is -0.0800. The fourth-order valence-electron chi connectivity index (χ4n) is 1.74. The number of unbranched alkanes of at least 4 members (excludes halogenated alkanes) is 6. The Balaban J connectivity index is 2.89. The molecule has 0 saturated heterocycles. The van der Waals surface area contributed by atoms with Gasteiger partial charge >= 0.3 is 0 Å². The zero-order chi connectivity index (χ0) is 12.8. The van der Waals surface area contributed by atoms with Gasteiger partial charge in [0, 0.05) is 19.8 Å². The fraction of sp³-hybridized carbons (Fsp3) is 1.00. The Morgan fingerprint density at radius 2 is 1.29 bits per heavy atom. The Morgan fingerprint density at radius 3 is 1.94 bits per heavy atom. The molecule has 104 valence electrons. The van der Waals surface area contributed by atoms with Gasteiger partial charge in [0.05, 0.1) is 6.10 Å². The number of ether oxygens (including phenoxy) is 2. The normalized spacial score (nSPS) is 11.3. The lowest BCUT2D eigenvalue weighted by Crippen LogP contribution is -2.07. The molecule has 0 spiro atoms. The van der Waals surface area contributed by atoms with Gasteiger partial charge in [0.25, 0.3) is 0 Å². The molecule has 2 heteroatoms. The number of hydrogen-bond donors (Lipinski definition) is 0. The van der Waals surface area contributed by atoms with Crippen molar-refractivity contribution in [2.75, 3.05) is 19.8 Å². The second kappa shape index (κ2) is 14.0. The van der Waals surface area contributed by atoms with E-state index in [-0.39, 0.29) is 0 Å². The third-order valence-corrected chi connectivity index (χ3v) is 2.78. The Labute approximate surface area is 108 Å². The van der Waals surface area contributed by atoms with Gasteiger partial charge in [-0.1, -0.05) is 45.4 Å². The molecule has 0 radical (unpaired) electrons. The van der Waals surface area contributed by atoms with Gasteiger partial charge in [-0.15, -0.1) is 0 Å². The first-order chi connectivity index (χ1) is 8.27. The van der Waals surface area contributed by atoms with Crippen molar-refractivity contribution < 1.29 is 9.47 Å². The van der Waals surface area contributed by atoms with Gasteiger partial charge in [-0.25, -0.2) is 0 Å². The highest BCUT2D eigenvalue weighted by Crippen LogP contribution is 2.06. The standard InChI is InChI=1S/C15H32O2/c1-4-5-6-7-8-9-10-12-16-13-11-14-17-15(2)3/h15H,4-14H2,1-3H3. The highest BCUT2D eigenvalue weighted by molar-refractivity contribution is 4.45. The maximum Gasteiger partial charge on any atom is 0.0518 e. The first-order valence-electron chi connectivity index (χ1n) is 7.46. The van der Waals surface area contributed by atoms with Crippen molar-refractivity contribution in [3.63, 3.8) is 0 Å². The summed E-state index contributed by atoms with van der Waals surface area (Å²) in [5.74, 6) is 0. The topological polar surface area (TPSA) is 18.5 Å². The van der Waals surface area contributed by atoms with Crippen LogP contribution in [0.15, 0.2) is 0 Å². The van der Waals surface area contributed by atoms with Crippen molar-refractivity contribution in [2.45, 2.75) is 78.2 Å². The van der Waals surface area contributed by atoms with Crippen molar-refractivity contribution in [3.8, 4) is 0 Å². The predicted octanol–water partition coefficient (Wildman–Crippen LogP) is 4.57. The molecule has 0 rings (SSSR count). The van der Waals surface area contributed by atoms with Crippen LogP contribution in [0.3, 0.4) is 0 Å². The van der Waals surface area contributed by atoms with Crippen molar-refractivity contribution in [3.05, 3.63) is 0 Å². The van der Waals surface area contributed by atoms with Gasteiger partial charge in [0.2, 0.25) is 0 Å². The minimum absolute atomic E-state index is 0.345. The molecule has 2 nitrogen and oxygen atoms in total. The lowest BCUT2D eigenvalue weighted by molar-refractivity contribution is 0.0507. The zero-order valence-electron chi connectivity index (χ0n) is 12.2. The lowest BCUT2D eigenvalue weighted by Gasteiger charge is -2.07. The monoisotopic (exact) mass is 244 g/mol. The quantitative estimate of drug-likeness (QED) is 0.442. The maximum atomic E-state index is 5.56. The summed E-state index contributed by atoms with van der Waals surface area (Å²) in [6.07, 6.45) is 10.8.